The monoisotopic (exact) mass is 353 g/mol. The zero-order valence-corrected chi connectivity index (χ0v) is 10.1. The summed E-state index contributed by atoms with van der Waals surface area (Å²) in [7, 11) is 2.22. The predicted octanol–water partition coefficient (Wildman–Crippen LogP) is 2.13. The number of likely N-dealkylation sites (tertiary alicyclic amines) is 1. The number of rotatable bonds is 1. The van der Waals surface area contributed by atoms with Crippen molar-refractivity contribution in [3.8, 4) is 0 Å². The number of alkyl halides is 1. The van der Waals surface area contributed by atoms with E-state index < -0.39 is 0 Å². The summed E-state index contributed by atoms with van der Waals surface area (Å²) in [6, 6.07) is 0.885. The van der Waals surface area contributed by atoms with Crippen molar-refractivity contribution in [3.05, 3.63) is 0 Å². The quantitative estimate of drug-likeness (QED) is 0.516. The van der Waals surface area contributed by atoms with Crippen LogP contribution in [0.1, 0.15) is 12.8 Å². The molecule has 0 radical (unpaired) electrons. The zero-order chi connectivity index (χ0) is 5.98. The molecule has 0 aliphatic carbocycles. The van der Waals surface area contributed by atoms with Crippen LogP contribution in [0.4, 0.5) is 0 Å². The van der Waals surface area contributed by atoms with Crippen LogP contribution in [0.25, 0.3) is 0 Å². The second-order valence-electron chi connectivity index (χ2n) is 2.43. The fraction of sp³-hybridized carbons (Fsp3) is 1.00. The van der Waals surface area contributed by atoms with Gasteiger partial charge in [0.2, 0.25) is 0 Å². The third-order valence-electron chi connectivity index (χ3n) is 1.85. The molecular weight excluding hydrogens is 340 g/mol. The van der Waals surface area contributed by atoms with Crippen LogP contribution in [0.15, 0.2) is 0 Å². The summed E-state index contributed by atoms with van der Waals surface area (Å²) in [5.41, 5.74) is 0. The minimum atomic E-state index is 0. The summed E-state index contributed by atoms with van der Waals surface area (Å²) in [6.45, 7) is 1.31. The first-order chi connectivity index (χ1) is 3.84. The lowest BCUT2D eigenvalue weighted by molar-refractivity contribution is 0.338. The maximum Gasteiger partial charge on any atom is 0.0182 e. The minimum absolute atomic E-state index is 0. The van der Waals surface area contributed by atoms with Gasteiger partial charge < -0.3 is 4.90 Å². The fourth-order valence-corrected chi connectivity index (χ4v) is 2.29. The Labute approximate surface area is 87.7 Å². The van der Waals surface area contributed by atoms with Crippen molar-refractivity contribution < 1.29 is 0 Å². The van der Waals surface area contributed by atoms with E-state index >= 15 is 0 Å². The van der Waals surface area contributed by atoms with Gasteiger partial charge in [0.1, 0.15) is 0 Å². The average Bonchev–Trinajstić information content (AvgIpc) is 2.14. The first-order valence-electron chi connectivity index (χ1n) is 3.11. The van der Waals surface area contributed by atoms with E-state index in [1.165, 1.54) is 23.8 Å². The van der Waals surface area contributed by atoms with Gasteiger partial charge >= 0.3 is 0 Å². The summed E-state index contributed by atoms with van der Waals surface area (Å²) in [6.07, 6.45) is 2.82. The Morgan fingerprint density at radius 2 is 2.33 bits per heavy atom. The van der Waals surface area contributed by atoms with Gasteiger partial charge in [0.25, 0.3) is 0 Å². The van der Waals surface area contributed by atoms with Crippen LogP contribution in [-0.2, 0) is 0 Å². The van der Waals surface area contributed by atoms with Gasteiger partial charge in [-0.05, 0) is 26.4 Å². The molecule has 1 saturated heterocycles. The van der Waals surface area contributed by atoms with E-state index in [9.17, 15) is 0 Å². The third kappa shape index (κ3) is 2.88. The highest BCUT2D eigenvalue weighted by atomic mass is 127. The van der Waals surface area contributed by atoms with Gasteiger partial charge in [0, 0.05) is 10.5 Å². The van der Waals surface area contributed by atoms with Gasteiger partial charge in [-0.15, -0.1) is 24.0 Å². The Bertz CT molecular complexity index is 77.5. The highest BCUT2D eigenvalue weighted by Gasteiger charge is 2.18. The summed E-state index contributed by atoms with van der Waals surface area (Å²) < 4.78 is 1.30. The molecule has 9 heavy (non-hydrogen) atoms. The van der Waals surface area contributed by atoms with E-state index in [4.69, 9.17) is 0 Å². The van der Waals surface area contributed by atoms with Gasteiger partial charge in [-0.25, -0.2) is 0 Å². The van der Waals surface area contributed by atoms with E-state index in [0.717, 1.165) is 6.04 Å². The van der Waals surface area contributed by atoms with Crippen LogP contribution in [0.5, 0.6) is 0 Å². The lowest BCUT2D eigenvalue weighted by atomic mass is 10.2. The molecule has 1 unspecified atom stereocenters. The van der Waals surface area contributed by atoms with Crippen molar-refractivity contribution in [2.45, 2.75) is 18.9 Å². The van der Waals surface area contributed by atoms with E-state index in [-0.39, 0.29) is 24.0 Å². The van der Waals surface area contributed by atoms with Gasteiger partial charge in [0.05, 0.1) is 0 Å². The second-order valence-corrected chi connectivity index (χ2v) is 3.31. The second kappa shape index (κ2) is 5.12. The molecule has 1 rings (SSSR count). The fourth-order valence-electron chi connectivity index (χ4n) is 1.17. The molecule has 0 spiro atoms. The van der Waals surface area contributed by atoms with Crippen molar-refractivity contribution in [2.75, 3.05) is 18.0 Å². The van der Waals surface area contributed by atoms with Crippen molar-refractivity contribution in [1.29, 1.82) is 0 Å². The molecule has 1 heterocycles. The first-order valence-corrected chi connectivity index (χ1v) is 4.63. The maximum atomic E-state index is 2.46. The summed E-state index contributed by atoms with van der Waals surface area (Å²) >= 11 is 2.46. The SMILES string of the molecule is CN1CCCC1CI.I. The molecule has 1 fully saturated rings. The molecule has 0 bridgehead atoms. The largest absolute Gasteiger partial charge is 0.303 e. The van der Waals surface area contributed by atoms with Crippen molar-refractivity contribution in [3.63, 3.8) is 0 Å². The van der Waals surface area contributed by atoms with Gasteiger partial charge in [-0.3, -0.25) is 0 Å². The Hall–Kier alpha value is 1.42. The molecule has 0 amide bonds. The molecule has 0 saturated carbocycles. The lowest BCUT2D eigenvalue weighted by Gasteiger charge is -2.15. The normalized spacial score (nSPS) is 28.0. The van der Waals surface area contributed by atoms with Crippen molar-refractivity contribution >= 4 is 46.6 Å². The van der Waals surface area contributed by atoms with Crippen molar-refractivity contribution in [2.24, 2.45) is 0 Å². The van der Waals surface area contributed by atoms with E-state index in [2.05, 4.69) is 34.5 Å². The van der Waals surface area contributed by atoms with Gasteiger partial charge in [0.15, 0.2) is 0 Å². The van der Waals surface area contributed by atoms with Gasteiger partial charge in [-0.2, -0.15) is 0 Å². The third-order valence-corrected chi connectivity index (χ3v) is 2.87. The Kier molecular flexibility index (Phi) is 5.93. The number of hydrogen-bond donors (Lipinski definition) is 0. The zero-order valence-electron chi connectivity index (χ0n) is 5.64. The van der Waals surface area contributed by atoms with Crippen LogP contribution >= 0.6 is 46.6 Å². The number of halogens is 2. The highest BCUT2D eigenvalue weighted by Crippen LogP contribution is 2.15. The molecule has 1 nitrogen and oxygen atoms in total. The molecule has 56 valence electrons. The van der Waals surface area contributed by atoms with Crippen LogP contribution < -0.4 is 0 Å². The van der Waals surface area contributed by atoms with Crippen LogP contribution in [0, 0.1) is 0 Å². The average molecular weight is 353 g/mol. The van der Waals surface area contributed by atoms with Crippen molar-refractivity contribution in [1.82, 2.24) is 4.90 Å². The number of nitrogens with zero attached hydrogens (tertiary/aromatic N) is 1. The summed E-state index contributed by atoms with van der Waals surface area (Å²) in [4.78, 5) is 2.45. The van der Waals surface area contributed by atoms with Crippen LogP contribution in [-0.4, -0.2) is 29.0 Å². The molecule has 1 atom stereocenters. The lowest BCUT2D eigenvalue weighted by Crippen LogP contribution is -2.25. The van der Waals surface area contributed by atoms with E-state index in [1.54, 1.807) is 0 Å². The topological polar surface area (TPSA) is 3.24 Å². The molecule has 3 heteroatoms. The Balaban J connectivity index is 0.000000640. The van der Waals surface area contributed by atoms with E-state index in [1.807, 2.05) is 0 Å². The Morgan fingerprint density at radius 1 is 1.67 bits per heavy atom. The standard InChI is InChI=1S/C6H12IN.HI/c1-8-4-2-3-6(8)5-7;/h6H,2-5H2,1H3;1H. The van der Waals surface area contributed by atoms with Gasteiger partial charge in [-0.1, -0.05) is 22.6 Å². The molecule has 0 N–H and O–H groups in total. The predicted molar refractivity (Wildman–Crippen MR) is 60.0 cm³/mol. The molecule has 0 aromatic heterocycles. The molecular formula is C6H13I2N. The smallest absolute Gasteiger partial charge is 0.0182 e. The minimum Gasteiger partial charge on any atom is -0.303 e. The first kappa shape index (κ1) is 10.4. The molecule has 0 aromatic rings. The molecule has 1 aliphatic rings. The molecule has 1 aliphatic heterocycles. The summed E-state index contributed by atoms with van der Waals surface area (Å²) in [5.74, 6) is 0. The number of hydrogen-bond acceptors (Lipinski definition) is 1. The Morgan fingerprint density at radius 3 is 2.56 bits per heavy atom. The highest BCUT2D eigenvalue weighted by molar-refractivity contribution is 14.1. The van der Waals surface area contributed by atoms with Crippen LogP contribution in [0.3, 0.4) is 0 Å². The molecule has 0 aromatic carbocycles. The maximum absolute atomic E-state index is 2.46. The summed E-state index contributed by atoms with van der Waals surface area (Å²) in [5, 5.41) is 0. The van der Waals surface area contributed by atoms with E-state index in [0.29, 0.717) is 0 Å². The van der Waals surface area contributed by atoms with Crippen LogP contribution in [0.2, 0.25) is 0 Å².